The maximum atomic E-state index is 3.28. The third-order valence-corrected chi connectivity index (χ3v) is 2.93. The van der Waals surface area contributed by atoms with E-state index < -0.39 is 0 Å². The van der Waals surface area contributed by atoms with Gasteiger partial charge in [-0.15, -0.1) is 0 Å². The SMILES string of the molecule is CCNc1ccccc1C.CNc1ccccc1C. The monoisotopic (exact) mass is 256 g/mol. The molecular weight excluding hydrogens is 232 g/mol. The number of rotatable bonds is 3. The van der Waals surface area contributed by atoms with E-state index in [4.69, 9.17) is 0 Å². The van der Waals surface area contributed by atoms with E-state index in [-0.39, 0.29) is 0 Å². The zero-order valence-electron chi connectivity index (χ0n) is 12.3. The van der Waals surface area contributed by atoms with Crippen molar-refractivity contribution in [1.29, 1.82) is 0 Å². The van der Waals surface area contributed by atoms with E-state index in [0.717, 1.165) is 6.54 Å². The normalized spacial score (nSPS) is 9.26. The molecule has 0 heterocycles. The summed E-state index contributed by atoms with van der Waals surface area (Å²) in [5.41, 5.74) is 5.05. The molecule has 0 aliphatic carbocycles. The molecule has 2 nitrogen and oxygen atoms in total. The fourth-order valence-corrected chi connectivity index (χ4v) is 1.82. The number of anilines is 2. The highest BCUT2D eigenvalue weighted by atomic mass is 14.9. The molecule has 0 aliphatic rings. The van der Waals surface area contributed by atoms with Crippen LogP contribution in [0, 0.1) is 13.8 Å². The number of benzene rings is 2. The molecule has 0 fully saturated rings. The molecule has 0 amide bonds. The van der Waals surface area contributed by atoms with Gasteiger partial charge in [-0.2, -0.15) is 0 Å². The van der Waals surface area contributed by atoms with Crippen molar-refractivity contribution in [2.75, 3.05) is 24.2 Å². The number of para-hydroxylation sites is 2. The number of nitrogens with one attached hydrogen (secondary N) is 2. The van der Waals surface area contributed by atoms with Gasteiger partial charge in [-0.1, -0.05) is 36.4 Å². The molecular formula is C17H24N2. The molecule has 0 aromatic heterocycles. The Kier molecular flexibility index (Phi) is 6.51. The maximum Gasteiger partial charge on any atom is 0.0369 e. The van der Waals surface area contributed by atoms with E-state index in [9.17, 15) is 0 Å². The quantitative estimate of drug-likeness (QED) is 0.847. The first-order chi connectivity index (χ1) is 9.19. The highest BCUT2D eigenvalue weighted by Gasteiger charge is 1.91. The first kappa shape index (κ1) is 15.1. The van der Waals surface area contributed by atoms with Crippen LogP contribution in [0.3, 0.4) is 0 Å². The molecule has 0 atom stereocenters. The molecule has 0 saturated carbocycles. The van der Waals surface area contributed by atoms with Gasteiger partial charge >= 0.3 is 0 Å². The van der Waals surface area contributed by atoms with Crippen molar-refractivity contribution in [3.05, 3.63) is 59.7 Å². The average Bonchev–Trinajstić information content (AvgIpc) is 2.43. The van der Waals surface area contributed by atoms with Crippen LogP contribution >= 0.6 is 0 Å². The predicted molar refractivity (Wildman–Crippen MR) is 86.1 cm³/mol. The summed E-state index contributed by atoms with van der Waals surface area (Å²) in [6, 6.07) is 16.5. The van der Waals surface area contributed by atoms with Crippen molar-refractivity contribution in [3.8, 4) is 0 Å². The molecule has 102 valence electrons. The minimum absolute atomic E-state index is 0.991. The molecule has 2 heteroatoms. The van der Waals surface area contributed by atoms with Crippen molar-refractivity contribution < 1.29 is 0 Å². The lowest BCUT2D eigenvalue weighted by molar-refractivity contribution is 1.20. The molecule has 2 rings (SSSR count). The van der Waals surface area contributed by atoms with Crippen LogP contribution in [0.4, 0.5) is 11.4 Å². The standard InChI is InChI=1S/C9H13N.C8H11N/c1-3-10-9-7-5-4-6-8(9)2;1-7-5-3-4-6-8(7)9-2/h4-7,10H,3H2,1-2H3;3-6,9H,1-2H3. The van der Waals surface area contributed by atoms with Crippen LogP contribution in [0.2, 0.25) is 0 Å². The molecule has 0 radical (unpaired) electrons. The van der Waals surface area contributed by atoms with Gasteiger partial charge in [0.05, 0.1) is 0 Å². The van der Waals surface area contributed by atoms with Crippen LogP contribution in [0.1, 0.15) is 18.1 Å². The predicted octanol–water partition coefficient (Wildman–Crippen LogP) is 4.46. The van der Waals surface area contributed by atoms with Crippen molar-refractivity contribution >= 4 is 11.4 Å². The first-order valence-corrected chi connectivity index (χ1v) is 6.72. The summed E-state index contributed by atoms with van der Waals surface area (Å²) in [4.78, 5) is 0. The van der Waals surface area contributed by atoms with Crippen LogP contribution in [0.5, 0.6) is 0 Å². The Morgan fingerprint density at radius 3 is 1.63 bits per heavy atom. The summed E-state index contributed by atoms with van der Waals surface area (Å²) in [5.74, 6) is 0. The van der Waals surface area contributed by atoms with E-state index in [0.29, 0.717) is 0 Å². The van der Waals surface area contributed by atoms with Gasteiger partial charge in [0.1, 0.15) is 0 Å². The Morgan fingerprint density at radius 2 is 1.26 bits per heavy atom. The summed E-state index contributed by atoms with van der Waals surface area (Å²) < 4.78 is 0. The lowest BCUT2D eigenvalue weighted by atomic mass is 10.2. The summed E-state index contributed by atoms with van der Waals surface area (Å²) in [7, 11) is 1.93. The largest absolute Gasteiger partial charge is 0.388 e. The Bertz CT molecular complexity index is 492. The van der Waals surface area contributed by atoms with Gasteiger partial charge in [0.25, 0.3) is 0 Å². The lowest BCUT2D eigenvalue weighted by Crippen LogP contribution is -1.97. The third kappa shape index (κ3) is 5.04. The van der Waals surface area contributed by atoms with E-state index >= 15 is 0 Å². The summed E-state index contributed by atoms with van der Waals surface area (Å²) in [6.07, 6.45) is 0. The Morgan fingerprint density at radius 1 is 0.789 bits per heavy atom. The van der Waals surface area contributed by atoms with Crippen molar-refractivity contribution in [1.82, 2.24) is 0 Å². The molecule has 2 N–H and O–H groups in total. The first-order valence-electron chi connectivity index (χ1n) is 6.72. The van der Waals surface area contributed by atoms with Crippen LogP contribution in [0.25, 0.3) is 0 Å². The Labute approximate surface area is 116 Å². The Balaban J connectivity index is 0.000000191. The molecule has 2 aromatic carbocycles. The molecule has 19 heavy (non-hydrogen) atoms. The van der Waals surface area contributed by atoms with Gasteiger partial charge in [-0.05, 0) is 44.0 Å². The maximum absolute atomic E-state index is 3.28. The van der Waals surface area contributed by atoms with Crippen LogP contribution in [-0.4, -0.2) is 13.6 Å². The molecule has 0 spiro atoms. The summed E-state index contributed by atoms with van der Waals surface area (Å²) in [6.45, 7) is 7.29. The fourth-order valence-electron chi connectivity index (χ4n) is 1.82. The van der Waals surface area contributed by atoms with Gasteiger partial charge in [0.15, 0.2) is 0 Å². The van der Waals surface area contributed by atoms with Gasteiger partial charge < -0.3 is 10.6 Å². The van der Waals surface area contributed by atoms with E-state index in [1.165, 1.54) is 22.5 Å². The van der Waals surface area contributed by atoms with E-state index in [1.807, 2.05) is 25.2 Å². The van der Waals surface area contributed by atoms with E-state index in [1.54, 1.807) is 0 Å². The second kappa shape index (κ2) is 8.20. The number of hydrogen-bond acceptors (Lipinski definition) is 2. The zero-order valence-corrected chi connectivity index (χ0v) is 12.3. The van der Waals surface area contributed by atoms with Gasteiger partial charge in [0.2, 0.25) is 0 Å². The van der Waals surface area contributed by atoms with Crippen LogP contribution in [0.15, 0.2) is 48.5 Å². The van der Waals surface area contributed by atoms with Gasteiger partial charge in [0, 0.05) is 25.0 Å². The molecule has 0 aliphatic heterocycles. The van der Waals surface area contributed by atoms with Crippen molar-refractivity contribution in [3.63, 3.8) is 0 Å². The fraction of sp³-hybridized carbons (Fsp3) is 0.294. The highest BCUT2D eigenvalue weighted by molar-refractivity contribution is 5.50. The van der Waals surface area contributed by atoms with Crippen LogP contribution < -0.4 is 10.6 Å². The topological polar surface area (TPSA) is 24.1 Å². The lowest BCUT2D eigenvalue weighted by Gasteiger charge is -2.04. The van der Waals surface area contributed by atoms with Crippen molar-refractivity contribution in [2.24, 2.45) is 0 Å². The number of aryl methyl sites for hydroxylation is 2. The summed E-state index contributed by atoms with van der Waals surface area (Å²) >= 11 is 0. The van der Waals surface area contributed by atoms with E-state index in [2.05, 4.69) is 61.7 Å². The molecule has 0 bridgehead atoms. The van der Waals surface area contributed by atoms with Gasteiger partial charge in [-0.25, -0.2) is 0 Å². The Hall–Kier alpha value is -1.96. The molecule has 0 unspecified atom stereocenters. The smallest absolute Gasteiger partial charge is 0.0369 e. The van der Waals surface area contributed by atoms with Crippen LogP contribution in [-0.2, 0) is 0 Å². The van der Waals surface area contributed by atoms with Gasteiger partial charge in [-0.3, -0.25) is 0 Å². The second-order valence-electron chi connectivity index (χ2n) is 4.41. The zero-order chi connectivity index (χ0) is 14.1. The van der Waals surface area contributed by atoms with Crippen molar-refractivity contribution in [2.45, 2.75) is 20.8 Å². The molecule has 0 saturated heterocycles. The molecule has 2 aromatic rings. The third-order valence-electron chi connectivity index (χ3n) is 2.93. The highest BCUT2D eigenvalue weighted by Crippen LogP contribution is 2.12. The summed E-state index contributed by atoms with van der Waals surface area (Å²) in [5, 5.41) is 6.37. The number of hydrogen-bond donors (Lipinski definition) is 2. The average molecular weight is 256 g/mol. The minimum atomic E-state index is 0.991. The minimum Gasteiger partial charge on any atom is -0.388 e. The second-order valence-corrected chi connectivity index (χ2v) is 4.41.